The number of aryl methyl sites for hydroxylation is 1. The zero-order valence-electron chi connectivity index (χ0n) is 13.5. The zero-order valence-corrected chi connectivity index (χ0v) is 14.2. The maximum absolute atomic E-state index is 12.6. The number of amides is 1. The highest BCUT2D eigenvalue weighted by molar-refractivity contribution is 6.30. The average Bonchev–Trinajstić information content (AvgIpc) is 2.91. The summed E-state index contributed by atoms with van der Waals surface area (Å²) >= 11 is 5.94. The molecule has 0 aliphatic heterocycles. The Bertz CT molecular complexity index is 759. The number of allylic oxidation sites excluding steroid dienone is 1. The molecule has 3 heteroatoms. The summed E-state index contributed by atoms with van der Waals surface area (Å²) in [5.74, 6) is 0.0982. The Morgan fingerprint density at radius 1 is 1.04 bits per heavy atom. The Morgan fingerprint density at radius 3 is 2.43 bits per heavy atom. The third kappa shape index (κ3) is 3.32. The van der Waals surface area contributed by atoms with Crippen molar-refractivity contribution in [2.24, 2.45) is 0 Å². The van der Waals surface area contributed by atoms with Gasteiger partial charge in [-0.1, -0.05) is 53.6 Å². The number of carbonyl (C=O) groups is 1. The molecule has 0 radical (unpaired) electrons. The molecule has 0 atom stereocenters. The first-order valence-electron chi connectivity index (χ1n) is 7.82. The molecule has 1 amide bonds. The van der Waals surface area contributed by atoms with Crippen LogP contribution in [-0.4, -0.2) is 24.9 Å². The van der Waals surface area contributed by atoms with Crippen molar-refractivity contribution in [1.82, 2.24) is 4.90 Å². The van der Waals surface area contributed by atoms with Crippen molar-refractivity contribution in [3.8, 4) is 0 Å². The van der Waals surface area contributed by atoms with Gasteiger partial charge in [-0.25, -0.2) is 0 Å². The molecule has 0 spiro atoms. The van der Waals surface area contributed by atoms with Gasteiger partial charge in [-0.05, 0) is 48.1 Å². The number of benzene rings is 2. The fraction of sp³-hybridized carbons (Fsp3) is 0.250. The van der Waals surface area contributed by atoms with Gasteiger partial charge in [0.15, 0.2) is 0 Å². The van der Waals surface area contributed by atoms with E-state index in [1.165, 1.54) is 16.7 Å². The fourth-order valence-electron chi connectivity index (χ4n) is 3.08. The molecule has 2 aromatic carbocycles. The summed E-state index contributed by atoms with van der Waals surface area (Å²) in [7, 11) is 3.63. The number of likely N-dealkylation sites (N-methyl/N-ethyl adjacent to an activating group) is 1. The van der Waals surface area contributed by atoms with Crippen molar-refractivity contribution in [2.45, 2.75) is 19.3 Å². The molecule has 118 valence electrons. The first kappa shape index (κ1) is 15.8. The molecule has 0 bridgehead atoms. The molecule has 2 aromatic rings. The number of hydrogen-bond acceptors (Lipinski definition) is 1. The van der Waals surface area contributed by atoms with Crippen molar-refractivity contribution >= 4 is 23.1 Å². The fourth-order valence-corrected chi connectivity index (χ4v) is 3.20. The highest BCUT2D eigenvalue weighted by atomic mass is 35.5. The van der Waals surface area contributed by atoms with Crippen LogP contribution < -0.4 is 0 Å². The Kier molecular flexibility index (Phi) is 4.53. The molecule has 0 fully saturated rings. The summed E-state index contributed by atoms with van der Waals surface area (Å²) < 4.78 is 0. The predicted octanol–water partition coefficient (Wildman–Crippen LogP) is 4.37. The lowest BCUT2D eigenvalue weighted by atomic mass is 9.99. The van der Waals surface area contributed by atoms with E-state index >= 15 is 0 Å². The Balaban J connectivity index is 1.87. The van der Waals surface area contributed by atoms with Crippen LogP contribution >= 0.6 is 11.6 Å². The number of carbonyl (C=O) groups excluding carboxylic acids is 1. The number of rotatable bonds is 4. The molecule has 1 aliphatic rings. The standard InChI is InChI=1S/C20H20ClNO/c1-22(2)20(23)19-16(13-15-5-3-4-6-18(15)19)10-7-14-8-11-17(21)12-9-14/h3-6,8-9,11-12H,7,10,13H2,1-2H3. The van der Waals surface area contributed by atoms with Crippen LogP contribution in [0.2, 0.25) is 5.02 Å². The van der Waals surface area contributed by atoms with Gasteiger partial charge in [-0.3, -0.25) is 4.79 Å². The SMILES string of the molecule is CN(C)C(=O)C1=C(CCc2ccc(Cl)cc2)Cc2ccccc21. The van der Waals surface area contributed by atoms with Crippen LogP contribution in [0.1, 0.15) is 23.1 Å². The molecular weight excluding hydrogens is 306 g/mol. The van der Waals surface area contributed by atoms with Gasteiger partial charge >= 0.3 is 0 Å². The highest BCUT2D eigenvalue weighted by Gasteiger charge is 2.26. The monoisotopic (exact) mass is 325 g/mol. The van der Waals surface area contributed by atoms with Gasteiger partial charge in [-0.2, -0.15) is 0 Å². The van der Waals surface area contributed by atoms with Crippen LogP contribution in [0.3, 0.4) is 0 Å². The quantitative estimate of drug-likeness (QED) is 0.817. The molecule has 23 heavy (non-hydrogen) atoms. The molecular formula is C20H20ClNO. The van der Waals surface area contributed by atoms with E-state index in [2.05, 4.69) is 24.3 Å². The third-order valence-electron chi connectivity index (χ3n) is 4.29. The summed E-state index contributed by atoms with van der Waals surface area (Å²) in [6.07, 6.45) is 2.69. The summed E-state index contributed by atoms with van der Waals surface area (Å²) in [5, 5.41) is 0.754. The van der Waals surface area contributed by atoms with Gasteiger partial charge in [0.2, 0.25) is 0 Å². The van der Waals surface area contributed by atoms with Gasteiger partial charge in [0.25, 0.3) is 5.91 Å². The minimum absolute atomic E-state index is 0.0982. The van der Waals surface area contributed by atoms with Crippen molar-refractivity contribution in [1.29, 1.82) is 0 Å². The Labute approximate surface area is 142 Å². The maximum atomic E-state index is 12.6. The number of nitrogens with zero attached hydrogens (tertiary/aromatic N) is 1. The summed E-state index contributed by atoms with van der Waals surface area (Å²) in [6.45, 7) is 0. The van der Waals surface area contributed by atoms with Gasteiger partial charge in [0.1, 0.15) is 0 Å². The number of halogens is 1. The second-order valence-corrected chi connectivity index (χ2v) is 6.57. The molecule has 0 saturated heterocycles. The summed E-state index contributed by atoms with van der Waals surface area (Å²) in [5.41, 5.74) is 5.72. The normalized spacial score (nSPS) is 13.2. The lowest BCUT2D eigenvalue weighted by molar-refractivity contribution is -0.122. The average molecular weight is 326 g/mol. The molecule has 0 aromatic heterocycles. The smallest absolute Gasteiger partial charge is 0.253 e. The van der Waals surface area contributed by atoms with Gasteiger partial charge in [-0.15, -0.1) is 0 Å². The Hall–Kier alpha value is -2.06. The van der Waals surface area contributed by atoms with Crippen molar-refractivity contribution < 1.29 is 4.79 Å². The van der Waals surface area contributed by atoms with Gasteiger partial charge < -0.3 is 4.90 Å². The van der Waals surface area contributed by atoms with Gasteiger partial charge in [0.05, 0.1) is 0 Å². The minimum Gasteiger partial charge on any atom is -0.345 e. The zero-order chi connectivity index (χ0) is 16.4. The lowest BCUT2D eigenvalue weighted by Crippen LogP contribution is -2.23. The van der Waals surface area contributed by atoms with Gasteiger partial charge in [0, 0.05) is 24.7 Å². The van der Waals surface area contributed by atoms with E-state index in [4.69, 9.17) is 11.6 Å². The number of hydrogen-bond donors (Lipinski definition) is 0. The molecule has 1 aliphatic carbocycles. The predicted molar refractivity (Wildman–Crippen MR) is 95.5 cm³/mol. The van der Waals surface area contributed by atoms with Crippen LogP contribution in [0.4, 0.5) is 0 Å². The van der Waals surface area contributed by atoms with Crippen LogP contribution in [0.5, 0.6) is 0 Å². The maximum Gasteiger partial charge on any atom is 0.253 e. The van der Waals surface area contributed by atoms with Crippen molar-refractivity contribution in [3.63, 3.8) is 0 Å². The number of fused-ring (bicyclic) bond motifs is 1. The van der Waals surface area contributed by atoms with E-state index in [0.29, 0.717) is 0 Å². The summed E-state index contributed by atoms with van der Waals surface area (Å²) in [6, 6.07) is 16.2. The van der Waals surface area contributed by atoms with Crippen LogP contribution in [0.25, 0.3) is 5.57 Å². The molecule has 0 heterocycles. The molecule has 0 saturated carbocycles. The van der Waals surface area contributed by atoms with Crippen molar-refractivity contribution in [3.05, 3.63) is 75.8 Å². The van der Waals surface area contributed by atoms with E-state index in [-0.39, 0.29) is 5.91 Å². The largest absolute Gasteiger partial charge is 0.345 e. The molecule has 0 N–H and O–H groups in total. The second kappa shape index (κ2) is 6.59. The van der Waals surface area contributed by atoms with Crippen LogP contribution in [-0.2, 0) is 17.6 Å². The minimum atomic E-state index is 0.0982. The third-order valence-corrected chi connectivity index (χ3v) is 4.54. The highest BCUT2D eigenvalue weighted by Crippen LogP contribution is 2.36. The lowest BCUT2D eigenvalue weighted by Gasteiger charge is -2.14. The van der Waals surface area contributed by atoms with E-state index in [1.807, 2.05) is 38.4 Å². The topological polar surface area (TPSA) is 20.3 Å². The van der Waals surface area contributed by atoms with Crippen LogP contribution in [0.15, 0.2) is 54.1 Å². The molecule has 3 rings (SSSR count). The summed E-state index contributed by atoms with van der Waals surface area (Å²) in [4.78, 5) is 14.3. The first-order chi connectivity index (χ1) is 11.1. The molecule has 2 nitrogen and oxygen atoms in total. The Morgan fingerprint density at radius 2 is 1.74 bits per heavy atom. The molecule has 0 unspecified atom stereocenters. The van der Waals surface area contributed by atoms with E-state index < -0.39 is 0 Å². The van der Waals surface area contributed by atoms with E-state index in [9.17, 15) is 4.79 Å². The van der Waals surface area contributed by atoms with E-state index in [1.54, 1.807) is 4.90 Å². The van der Waals surface area contributed by atoms with E-state index in [0.717, 1.165) is 35.4 Å². The first-order valence-corrected chi connectivity index (χ1v) is 8.20. The van der Waals surface area contributed by atoms with Crippen LogP contribution in [0, 0.1) is 0 Å². The second-order valence-electron chi connectivity index (χ2n) is 6.14. The van der Waals surface area contributed by atoms with Crippen molar-refractivity contribution in [2.75, 3.05) is 14.1 Å².